The molecule has 3 heterocycles. The first kappa shape index (κ1) is 11.5. The van der Waals surface area contributed by atoms with Crippen molar-refractivity contribution in [1.82, 2.24) is 14.5 Å². The Hall–Kier alpha value is -2.54. The van der Waals surface area contributed by atoms with Gasteiger partial charge in [0.1, 0.15) is 5.82 Å². The van der Waals surface area contributed by atoms with Crippen molar-refractivity contribution < 1.29 is 14.6 Å². The normalized spacial score (nSPS) is 20.5. The molecule has 1 aliphatic heterocycles. The highest BCUT2D eigenvalue weighted by Gasteiger charge is 2.43. The van der Waals surface area contributed by atoms with Crippen molar-refractivity contribution in [2.75, 3.05) is 7.11 Å². The van der Waals surface area contributed by atoms with Gasteiger partial charge in [0.2, 0.25) is 0 Å². The van der Waals surface area contributed by atoms with E-state index in [9.17, 15) is 14.7 Å². The number of methoxy groups -OCH3 is 1. The largest absolute Gasteiger partial charge is 0.465 e. The fourth-order valence-corrected chi connectivity index (χ4v) is 2.07. The van der Waals surface area contributed by atoms with Gasteiger partial charge >= 0.3 is 5.97 Å². The van der Waals surface area contributed by atoms with E-state index >= 15 is 0 Å². The zero-order valence-electron chi connectivity index (χ0n) is 9.90. The Bertz CT molecular complexity index is 780. The molecule has 0 aromatic carbocycles. The maximum absolute atomic E-state index is 12.3. The van der Waals surface area contributed by atoms with Crippen LogP contribution in [0.15, 0.2) is 29.3 Å². The van der Waals surface area contributed by atoms with Gasteiger partial charge in [-0.15, -0.1) is 0 Å². The molecule has 1 aliphatic rings. The minimum absolute atomic E-state index is 0.179. The molecular formula is C12H9N3O4. The Balaban J connectivity index is 2.38. The molecule has 0 unspecified atom stereocenters. The summed E-state index contributed by atoms with van der Waals surface area (Å²) < 4.78 is 5.42. The number of ether oxygens (including phenoxy) is 1. The molecule has 7 nitrogen and oxygen atoms in total. The quantitative estimate of drug-likeness (QED) is 0.702. The summed E-state index contributed by atoms with van der Waals surface area (Å²) >= 11 is 0. The average Bonchev–Trinajstić information content (AvgIpc) is 2.77. The van der Waals surface area contributed by atoms with E-state index in [0.29, 0.717) is 5.52 Å². The summed E-state index contributed by atoms with van der Waals surface area (Å²) in [6, 6.07) is 1.48. The molecule has 96 valence electrons. The zero-order valence-corrected chi connectivity index (χ0v) is 9.90. The number of carbonyl (C=O) groups is 1. The highest BCUT2D eigenvalue weighted by molar-refractivity contribution is 5.85. The van der Waals surface area contributed by atoms with Crippen molar-refractivity contribution in [3.05, 3.63) is 40.7 Å². The maximum atomic E-state index is 12.3. The van der Waals surface area contributed by atoms with Gasteiger partial charge in [-0.2, -0.15) is 0 Å². The molecule has 0 radical (unpaired) electrons. The van der Waals surface area contributed by atoms with Gasteiger partial charge < -0.3 is 9.84 Å². The molecule has 3 rings (SSSR count). The molecule has 2 aromatic rings. The van der Waals surface area contributed by atoms with Crippen molar-refractivity contribution in [2.24, 2.45) is 0 Å². The Morgan fingerprint density at radius 2 is 2.32 bits per heavy atom. The van der Waals surface area contributed by atoms with Gasteiger partial charge in [0.05, 0.1) is 24.2 Å². The van der Waals surface area contributed by atoms with Gasteiger partial charge in [-0.25, -0.2) is 14.3 Å². The lowest BCUT2D eigenvalue weighted by molar-refractivity contribution is -0.166. The fourth-order valence-electron chi connectivity index (χ4n) is 2.07. The SMILES string of the molecule is COC(=O)[C@@]1(O)C=Cc2nc3cnccc3c(=O)n21. The first-order valence-electron chi connectivity index (χ1n) is 5.45. The average molecular weight is 259 g/mol. The Labute approximate surface area is 106 Å². The lowest BCUT2D eigenvalue weighted by atomic mass is 10.2. The van der Waals surface area contributed by atoms with Crippen LogP contribution in [0.3, 0.4) is 0 Å². The molecular weight excluding hydrogens is 250 g/mol. The lowest BCUT2D eigenvalue weighted by Gasteiger charge is -2.21. The number of fused-ring (bicyclic) bond motifs is 2. The highest BCUT2D eigenvalue weighted by atomic mass is 16.5. The molecule has 1 atom stereocenters. The van der Waals surface area contributed by atoms with Crippen LogP contribution in [-0.4, -0.2) is 32.7 Å². The second-order valence-electron chi connectivity index (χ2n) is 4.05. The molecule has 1 N–H and O–H groups in total. The van der Waals surface area contributed by atoms with E-state index in [1.54, 1.807) is 0 Å². The summed E-state index contributed by atoms with van der Waals surface area (Å²) in [7, 11) is 1.13. The van der Waals surface area contributed by atoms with Gasteiger partial charge in [0.15, 0.2) is 0 Å². The van der Waals surface area contributed by atoms with Crippen LogP contribution < -0.4 is 5.56 Å². The van der Waals surface area contributed by atoms with Gasteiger partial charge in [-0.05, 0) is 18.2 Å². The topological polar surface area (TPSA) is 94.3 Å². The first-order valence-corrected chi connectivity index (χ1v) is 5.45. The third-order valence-electron chi connectivity index (χ3n) is 2.99. The van der Waals surface area contributed by atoms with Crippen LogP contribution in [-0.2, 0) is 15.3 Å². The number of nitrogens with zero attached hydrogens (tertiary/aromatic N) is 3. The van der Waals surface area contributed by atoms with Crippen LogP contribution >= 0.6 is 0 Å². The van der Waals surface area contributed by atoms with Crippen LogP contribution in [0.4, 0.5) is 0 Å². The number of aromatic nitrogens is 3. The second-order valence-corrected chi connectivity index (χ2v) is 4.05. The van der Waals surface area contributed by atoms with E-state index in [0.717, 1.165) is 11.7 Å². The number of rotatable bonds is 1. The van der Waals surface area contributed by atoms with Gasteiger partial charge in [0, 0.05) is 6.20 Å². The highest BCUT2D eigenvalue weighted by Crippen LogP contribution is 2.25. The summed E-state index contributed by atoms with van der Waals surface area (Å²) in [4.78, 5) is 32.1. The maximum Gasteiger partial charge on any atom is 0.364 e. The van der Waals surface area contributed by atoms with Crippen LogP contribution in [0.2, 0.25) is 0 Å². The summed E-state index contributed by atoms with van der Waals surface area (Å²) in [5.74, 6) is -0.766. The third kappa shape index (κ3) is 1.42. The molecule has 0 saturated heterocycles. The van der Waals surface area contributed by atoms with E-state index in [1.807, 2.05) is 0 Å². The van der Waals surface area contributed by atoms with Crippen LogP contribution in [0.5, 0.6) is 0 Å². The van der Waals surface area contributed by atoms with E-state index < -0.39 is 17.3 Å². The smallest absolute Gasteiger partial charge is 0.364 e. The molecule has 0 bridgehead atoms. The number of esters is 1. The number of hydrogen-bond acceptors (Lipinski definition) is 6. The number of carbonyl (C=O) groups excluding carboxylic acids is 1. The van der Waals surface area contributed by atoms with Crippen molar-refractivity contribution >= 4 is 22.9 Å². The standard InChI is InChI=1S/C12H9N3O4/c1-19-11(17)12(18)4-2-9-14-8-6-13-5-3-7(8)10(16)15(9)12/h2-6,18H,1H3/t12-/m0/s1. The lowest BCUT2D eigenvalue weighted by Crippen LogP contribution is -2.45. The van der Waals surface area contributed by atoms with Crippen LogP contribution in [0, 0.1) is 0 Å². The molecule has 0 fully saturated rings. The number of aliphatic hydroxyl groups is 1. The minimum Gasteiger partial charge on any atom is -0.465 e. The summed E-state index contributed by atoms with van der Waals surface area (Å²) in [5, 5.41) is 10.6. The molecule has 7 heteroatoms. The summed E-state index contributed by atoms with van der Waals surface area (Å²) in [5.41, 5.74) is -2.27. The Kier molecular flexibility index (Phi) is 2.26. The van der Waals surface area contributed by atoms with E-state index in [4.69, 9.17) is 0 Å². The second kappa shape index (κ2) is 3.72. The van der Waals surface area contributed by atoms with Crippen molar-refractivity contribution in [1.29, 1.82) is 0 Å². The van der Waals surface area contributed by atoms with Gasteiger partial charge in [-0.1, -0.05) is 0 Å². The Morgan fingerprint density at radius 1 is 1.53 bits per heavy atom. The molecule has 0 saturated carbocycles. The van der Waals surface area contributed by atoms with Crippen LogP contribution in [0.1, 0.15) is 5.82 Å². The number of pyridine rings is 1. The fraction of sp³-hybridized carbons (Fsp3) is 0.167. The monoisotopic (exact) mass is 259 g/mol. The summed E-state index contributed by atoms with van der Waals surface area (Å²) in [6.45, 7) is 0. The van der Waals surface area contributed by atoms with E-state index in [-0.39, 0.29) is 11.2 Å². The molecule has 0 aliphatic carbocycles. The predicted octanol–water partition coefficient (Wildman–Crippen LogP) is -0.364. The van der Waals surface area contributed by atoms with E-state index in [1.165, 1.54) is 30.6 Å². The minimum atomic E-state index is -2.15. The van der Waals surface area contributed by atoms with Crippen molar-refractivity contribution in [3.8, 4) is 0 Å². The van der Waals surface area contributed by atoms with Gasteiger partial charge in [-0.3, -0.25) is 9.78 Å². The van der Waals surface area contributed by atoms with E-state index in [2.05, 4.69) is 14.7 Å². The Morgan fingerprint density at radius 3 is 3.05 bits per heavy atom. The van der Waals surface area contributed by atoms with Crippen LogP contribution in [0.25, 0.3) is 17.0 Å². The first-order chi connectivity index (χ1) is 9.08. The molecule has 0 spiro atoms. The molecule has 2 aromatic heterocycles. The molecule has 0 amide bonds. The number of hydrogen-bond donors (Lipinski definition) is 1. The van der Waals surface area contributed by atoms with Crippen molar-refractivity contribution in [2.45, 2.75) is 5.72 Å². The molecule has 19 heavy (non-hydrogen) atoms. The van der Waals surface area contributed by atoms with Gasteiger partial charge in [0.25, 0.3) is 11.3 Å². The predicted molar refractivity (Wildman–Crippen MR) is 65.0 cm³/mol. The summed E-state index contributed by atoms with van der Waals surface area (Å²) in [6.07, 6.45) is 5.46. The third-order valence-corrected chi connectivity index (χ3v) is 2.99. The zero-order chi connectivity index (χ0) is 13.6. The van der Waals surface area contributed by atoms with Crippen molar-refractivity contribution in [3.63, 3.8) is 0 Å².